The molecular formula is C10H23. The first-order valence-corrected chi connectivity index (χ1v) is 4.21. The van der Waals surface area contributed by atoms with Crippen LogP contribution >= 0.6 is 0 Å². The van der Waals surface area contributed by atoms with Crippen LogP contribution in [0, 0.1) is 24.7 Å². The Balaban J connectivity index is 0. The van der Waals surface area contributed by atoms with Crippen LogP contribution in [0.1, 0.15) is 41.5 Å². The van der Waals surface area contributed by atoms with Gasteiger partial charge in [0.1, 0.15) is 0 Å². The van der Waals surface area contributed by atoms with E-state index in [0.717, 1.165) is 11.8 Å². The number of hydrogen-bond acceptors (Lipinski definition) is 0. The Labute approximate surface area is 67.0 Å². The van der Waals surface area contributed by atoms with Gasteiger partial charge in [-0.2, -0.15) is 0 Å². The number of hydrogen-bond donors (Lipinski definition) is 0. The average Bonchev–Trinajstić information content (AvgIpc) is 1.63. The topological polar surface area (TPSA) is 0 Å². The Morgan fingerprint density at radius 1 is 0.700 bits per heavy atom. The van der Waals surface area contributed by atoms with Crippen LogP contribution in [-0.2, 0) is 0 Å². The molecule has 0 bridgehead atoms. The normalized spacial score (nSPS) is 10.2. The van der Waals surface area contributed by atoms with Crippen molar-refractivity contribution in [2.45, 2.75) is 41.5 Å². The lowest BCUT2D eigenvalue weighted by molar-refractivity contribution is 0.457. The predicted octanol–water partition coefficient (Wildman–Crippen LogP) is 3.77. The molecule has 0 nitrogen and oxygen atoms in total. The van der Waals surface area contributed by atoms with Crippen molar-refractivity contribution in [3.8, 4) is 0 Å². The van der Waals surface area contributed by atoms with E-state index in [4.69, 9.17) is 0 Å². The molecule has 0 aromatic carbocycles. The minimum Gasteiger partial charge on any atom is -0.0628 e. The van der Waals surface area contributed by atoms with E-state index < -0.39 is 0 Å². The van der Waals surface area contributed by atoms with E-state index in [1.54, 1.807) is 0 Å². The van der Waals surface area contributed by atoms with Gasteiger partial charge in [0.2, 0.25) is 0 Å². The van der Waals surface area contributed by atoms with Gasteiger partial charge in [0, 0.05) is 0 Å². The van der Waals surface area contributed by atoms with Crippen LogP contribution in [0.5, 0.6) is 0 Å². The second kappa shape index (κ2) is 7.11. The van der Waals surface area contributed by atoms with Crippen LogP contribution in [0.4, 0.5) is 0 Å². The second-order valence-electron chi connectivity index (χ2n) is 3.88. The maximum atomic E-state index is 3.64. The monoisotopic (exact) mass is 143 g/mol. The molecule has 0 aromatic heterocycles. The lowest BCUT2D eigenvalue weighted by Crippen LogP contribution is -1.95. The standard InChI is InChI=1S/C6H14.C4H9/c1-5(2)6(3)4;1-4(2)3/h5-6H,1-4H3;4H,1H2,2-3H3. The fourth-order valence-electron chi connectivity index (χ4n) is 0. The lowest BCUT2D eigenvalue weighted by atomic mass is 10.0. The molecule has 1 radical (unpaired) electrons. The van der Waals surface area contributed by atoms with Crippen molar-refractivity contribution in [2.75, 3.05) is 0 Å². The smallest absolute Gasteiger partial charge is 0.0448 e. The molecule has 0 heteroatoms. The summed E-state index contributed by atoms with van der Waals surface area (Å²) in [5.74, 6) is 2.29. The maximum Gasteiger partial charge on any atom is -0.0448 e. The summed E-state index contributed by atoms with van der Waals surface area (Å²) >= 11 is 0. The van der Waals surface area contributed by atoms with E-state index in [1.807, 2.05) is 0 Å². The van der Waals surface area contributed by atoms with Crippen LogP contribution < -0.4 is 0 Å². The van der Waals surface area contributed by atoms with Gasteiger partial charge in [-0.05, 0) is 17.8 Å². The second-order valence-corrected chi connectivity index (χ2v) is 3.88. The molecule has 0 rings (SSSR count). The summed E-state index contributed by atoms with van der Waals surface area (Å²) < 4.78 is 0. The van der Waals surface area contributed by atoms with E-state index in [2.05, 4.69) is 48.5 Å². The first-order valence-electron chi connectivity index (χ1n) is 4.21. The summed E-state index contributed by atoms with van der Waals surface area (Å²) in [7, 11) is 0. The van der Waals surface area contributed by atoms with Crippen molar-refractivity contribution in [2.24, 2.45) is 17.8 Å². The van der Waals surface area contributed by atoms with Gasteiger partial charge in [0.15, 0.2) is 0 Å². The first kappa shape index (κ1) is 12.7. The summed E-state index contributed by atoms with van der Waals surface area (Å²) in [6.45, 7) is 16.7. The molecular weight excluding hydrogens is 120 g/mol. The Hall–Kier alpha value is 0. The predicted molar refractivity (Wildman–Crippen MR) is 49.9 cm³/mol. The molecule has 0 aliphatic carbocycles. The van der Waals surface area contributed by atoms with E-state index in [0.29, 0.717) is 5.92 Å². The molecule has 0 aliphatic rings. The van der Waals surface area contributed by atoms with Crippen molar-refractivity contribution in [1.29, 1.82) is 0 Å². The fourth-order valence-corrected chi connectivity index (χ4v) is 0. The Bertz CT molecular complexity index is 42.3. The van der Waals surface area contributed by atoms with Crippen LogP contribution in [0.2, 0.25) is 0 Å². The van der Waals surface area contributed by atoms with Crippen LogP contribution in [0.3, 0.4) is 0 Å². The Morgan fingerprint density at radius 3 is 0.800 bits per heavy atom. The third-order valence-electron chi connectivity index (χ3n) is 1.33. The third kappa shape index (κ3) is 24.5. The zero-order valence-electron chi connectivity index (χ0n) is 8.44. The van der Waals surface area contributed by atoms with E-state index >= 15 is 0 Å². The van der Waals surface area contributed by atoms with Crippen LogP contribution in [0.25, 0.3) is 0 Å². The zero-order valence-corrected chi connectivity index (χ0v) is 8.44. The quantitative estimate of drug-likeness (QED) is 0.524. The van der Waals surface area contributed by atoms with Crippen LogP contribution in [0.15, 0.2) is 0 Å². The third-order valence-corrected chi connectivity index (χ3v) is 1.33. The molecule has 0 saturated heterocycles. The molecule has 0 aliphatic heterocycles. The SMILES string of the molecule is CC(C)C(C)C.[CH2]C(C)C. The number of rotatable bonds is 1. The molecule has 0 spiro atoms. The molecule has 0 fully saturated rings. The molecule has 0 amide bonds. The van der Waals surface area contributed by atoms with Gasteiger partial charge in [-0.25, -0.2) is 0 Å². The summed E-state index contributed by atoms with van der Waals surface area (Å²) in [4.78, 5) is 0. The van der Waals surface area contributed by atoms with Crippen molar-refractivity contribution < 1.29 is 0 Å². The maximum absolute atomic E-state index is 3.64. The highest BCUT2D eigenvalue weighted by molar-refractivity contribution is 4.46. The van der Waals surface area contributed by atoms with Crippen molar-refractivity contribution >= 4 is 0 Å². The molecule has 0 saturated carbocycles. The summed E-state index contributed by atoms with van der Waals surface area (Å²) in [5.41, 5.74) is 0. The molecule has 63 valence electrons. The summed E-state index contributed by atoms with van der Waals surface area (Å²) in [6.07, 6.45) is 0. The fraction of sp³-hybridized carbons (Fsp3) is 0.900. The minimum atomic E-state index is 0.583. The van der Waals surface area contributed by atoms with Gasteiger partial charge in [0.05, 0.1) is 0 Å². The van der Waals surface area contributed by atoms with Gasteiger partial charge in [-0.1, -0.05) is 48.5 Å². The van der Waals surface area contributed by atoms with Gasteiger partial charge in [-0.15, -0.1) is 0 Å². The van der Waals surface area contributed by atoms with Gasteiger partial charge < -0.3 is 0 Å². The highest BCUT2D eigenvalue weighted by Crippen LogP contribution is 2.05. The van der Waals surface area contributed by atoms with E-state index in [-0.39, 0.29) is 0 Å². The molecule has 0 unspecified atom stereocenters. The highest BCUT2D eigenvalue weighted by atomic mass is 14.0. The molecule has 0 N–H and O–H groups in total. The molecule has 0 atom stereocenters. The van der Waals surface area contributed by atoms with Gasteiger partial charge in [-0.3, -0.25) is 0 Å². The Morgan fingerprint density at radius 2 is 0.800 bits per heavy atom. The van der Waals surface area contributed by atoms with E-state index in [1.165, 1.54) is 0 Å². The largest absolute Gasteiger partial charge is 0.0628 e. The summed E-state index contributed by atoms with van der Waals surface area (Å²) in [6, 6.07) is 0. The van der Waals surface area contributed by atoms with Crippen molar-refractivity contribution in [3.05, 3.63) is 6.92 Å². The average molecular weight is 143 g/mol. The summed E-state index contributed by atoms with van der Waals surface area (Å²) in [5, 5.41) is 0. The van der Waals surface area contributed by atoms with Gasteiger partial charge in [0.25, 0.3) is 0 Å². The van der Waals surface area contributed by atoms with Crippen molar-refractivity contribution in [1.82, 2.24) is 0 Å². The lowest BCUT2D eigenvalue weighted by Gasteiger charge is -2.05. The Kier molecular flexibility index (Phi) is 9.00. The highest BCUT2D eigenvalue weighted by Gasteiger charge is 1.95. The molecule has 0 aromatic rings. The van der Waals surface area contributed by atoms with Crippen molar-refractivity contribution in [3.63, 3.8) is 0 Å². The first-order chi connectivity index (χ1) is 4.37. The molecule has 10 heavy (non-hydrogen) atoms. The molecule has 0 heterocycles. The zero-order chi connectivity index (χ0) is 8.73. The van der Waals surface area contributed by atoms with Crippen LogP contribution in [-0.4, -0.2) is 0 Å². The minimum absolute atomic E-state index is 0.583. The van der Waals surface area contributed by atoms with Gasteiger partial charge >= 0.3 is 0 Å². The van der Waals surface area contributed by atoms with E-state index in [9.17, 15) is 0 Å².